The van der Waals surface area contributed by atoms with Crippen LogP contribution in [-0.2, 0) is 9.53 Å². The van der Waals surface area contributed by atoms with E-state index < -0.39 is 6.04 Å². The first kappa shape index (κ1) is 22.4. The third-order valence-corrected chi connectivity index (χ3v) is 2.99. The Hall–Kier alpha value is -0.880. The Labute approximate surface area is 138 Å². The molecule has 0 spiro atoms. The zero-order valence-electron chi connectivity index (χ0n) is 12.8. The summed E-state index contributed by atoms with van der Waals surface area (Å²) < 4.78 is 4.89. The van der Waals surface area contributed by atoms with Crippen molar-refractivity contribution in [1.82, 2.24) is 10.3 Å². The van der Waals surface area contributed by atoms with Gasteiger partial charge in [-0.2, -0.15) is 0 Å². The third kappa shape index (κ3) is 6.61. The summed E-state index contributed by atoms with van der Waals surface area (Å²) in [6.45, 7) is 6.28. The average Bonchev–Trinajstić information content (AvgIpc) is 2.36. The van der Waals surface area contributed by atoms with Crippen LogP contribution < -0.4 is 11.1 Å². The molecule has 0 aliphatic carbocycles. The minimum absolute atomic E-state index is 0. The Morgan fingerprint density at radius 2 is 2.05 bits per heavy atom. The number of nitrogens with one attached hydrogen (secondary N) is 1. The summed E-state index contributed by atoms with van der Waals surface area (Å²) in [5, 5.41) is 2.95. The highest BCUT2D eigenvalue weighted by Gasteiger charge is 2.23. The normalized spacial score (nSPS) is 12.9. The molecule has 1 aromatic rings. The second kappa shape index (κ2) is 10.8. The van der Waals surface area contributed by atoms with Crippen LogP contribution in [0.15, 0.2) is 18.3 Å². The number of amides is 1. The summed E-state index contributed by atoms with van der Waals surface area (Å²) in [5.74, 6) is 0.0119. The minimum Gasteiger partial charge on any atom is -0.383 e. The number of carbonyl (C=O) groups excluding carboxylic acids is 1. The van der Waals surface area contributed by atoms with E-state index in [2.05, 4.69) is 10.3 Å². The van der Waals surface area contributed by atoms with Gasteiger partial charge in [-0.15, -0.1) is 24.8 Å². The zero-order chi connectivity index (χ0) is 14.4. The Morgan fingerprint density at radius 1 is 1.43 bits per heavy atom. The molecule has 1 amide bonds. The van der Waals surface area contributed by atoms with Crippen LogP contribution in [0.3, 0.4) is 0 Å². The van der Waals surface area contributed by atoms with Crippen molar-refractivity contribution < 1.29 is 9.53 Å². The monoisotopic (exact) mass is 337 g/mol. The van der Waals surface area contributed by atoms with Gasteiger partial charge in [0.15, 0.2) is 0 Å². The second-order valence-corrected chi connectivity index (χ2v) is 5.00. The van der Waals surface area contributed by atoms with Gasteiger partial charge in [0.25, 0.3) is 0 Å². The number of hydrogen-bond donors (Lipinski definition) is 2. The van der Waals surface area contributed by atoms with E-state index in [9.17, 15) is 4.79 Å². The minimum atomic E-state index is -0.657. The Kier molecular flexibility index (Phi) is 11.5. The van der Waals surface area contributed by atoms with Gasteiger partial charge in [0.05, 0.1) is 18.3 Å². The molecule has 0 aliphatic rings. The number of nitrogens with zero attached hydrogens (tertiary/aromatic N) is 1. The largest absolute Gasteiger partial charge is 0.383 e. The van der Waals surface area contributed by atoms with Gasteiger partial charge >= 0.3 is 0 Å². The molecule has 0 fully saturated rings. The van der Waals surface area contributed by atoms with Gasteiger partial charge in [-0.3, -0.25) is 9.78 Å². The molecule has 122 valence electrons. The number of halogens is 2. The maximum Gasteiger partial charge on any atom is 0.239 e. The Balaban J connectivity index is 0. The van der Waals surface area contributed by atoms with Gasteiger partial charge in [0.2, 0.25) is 5.91 Å². The quantitative estimate of drug-likeness (QED) is 0.832. The molecule has 2 atom stereocenters. The highest BCUT2D eigenvalue weighted by molar-refractivity contribution is 5.85. The van der Waals surface area contributed by atoms with E-state index in [1.807, 2.05) is 32.9 Å². The fraction of sp³-hybridized carbons (Fsp3) is 0.571. The van der Waals surface area contributed by atoms with Crippen LogP contribution in [0.5, 0.6) is 0 Å². The summed E-state index contributed by atoms with van der Waals surface area (Å²) >= 11 is 0. The Bertz CT molecular complexity index is 430. The first-order valence-corrected chi connectivity index (χ1v) is 6.43. The summed E-state index contributed by atoms with van der Waals surface area (Å²) in [4.78, 5) is 16.4. The van der Waals surface area contributed by atoms with Crippen LogP contribution in [0.1, 0.15) is 31.1 Å². The third-order valence-electron chi connectivity index (χ3n) is 2.99. The van der Waals surface area contributed by atoms with Gasteiger partial charge in [0, 0.05) is 13.3 Å². The predicted molar refractivity (Wildman–Crippen MR) is 89.0 cm³/mol. The molecule has 1 rings (SSSR count). The number of hydrogen-bond acceptors (Lipinski definition) is 4. The first-order chi connectivity index (χ1) is 8.97. The maximum atomic E-state index is 12.0. The summed E-state index contributed by atoms with van der Waals surface area (Å²) in [6, 6.07) is 3.07. The lowest BCUT2D eigenvalue weighted by molar-refractivity contribution is -0.124. The second-order valence-electron chi connectivity index (χ2n) is 5.00. The van der Waals surface area contributed by atoms with Gasteiger partial charge in [-0.1, -0.05) is 19.9 Å². The van der Waals surface area contributed by atoms with E-state index in [1.54, 1.807) is 6.20 Å². The molecular weight excluding hydrogens is 313 g/mol. The SMILES string of the molecule is COCC(N)C(=O)NC(c1ncccc1C)C(C)C.Cl.Cl. The number of carbonyl (C=O) groups is 1. The molecule has 3 N–H and O–H groups in total. The lowest BCUT2D eigenvalue weighted by atomic mass is 9.97. The molecule has 5 nitrogen and oxygen atoms in total. The molecule has 7 heteroatoms. The van der Waals surface area contributed by atoms with E-state index in [1.165, 1.54) is 7.11 Å². The fourth-order valence-electron chi connectivity index (χ4n) is 1.89. The van der Waals surface area contributed by atoms with Crippen LogP contribution in [-0.4, -0.2) is 30.6 Å². The lowest BCUT2D eigenvalue weighted by Crippen LogP contribution is -2.46. The van der Waals surface area contributed by atoms with E-state index >= 15 is 0 Å². The predicted octanol–water partition coefficient (Wildman–Crippen LogP) is 2.02. The molecule has 1 heterocycles. The fourth-order valence-corrected chi connectivity index (χ4v) is 1.89. The number of rotatable bonds is 6. The first-order valence-electron chi connectivity index (χ1n) is 6.43. The van der Waals surface area contributed by atoms with Gasteiger partial charge in [0.1, 0.15) is 6.04 Å². The summed E-state index contributed by atoms with van der Waals surface area (Å²) in [6.07, 6.45) is 1.74. The molecule has 0 aliphatic heterocycles. The smallest absolute Gasteiger partial charge is 0.239 e. The van der Waals surface area contributed by atoms with E-state index in [0.29, 0.717) is 0 Å². The van der Waals surface area contributed by atoms with Crippen molar-refractivity contribution >= 4 is 30.7 Å². The van der Waals surface area contributed by atoms with E-state index in [0.717, 1.165) is 11.3 Å². The van der Waals surface area contributed by atoms with Crippen molar-refractivity contribution in [2.45, 2.75) is 32.9 Å². The standard InChI is InChI=1S/C14H23N3O2.2ClH/c1-9(2)12(13-10(3)6-5-7-16-13)17-14(18)11(15)8-19-4;;/h5-7,9,11-12H,8,15H2,1-4H3,(H,17,18);2*1H. The molecule has 0 radical (unpaired) electrons. The van der Waals surface area contributed by atoms with Crippen LogP contribution in [0.2, 0.25) is 0 Å². The van der Waals surface area contributed by atoms with Crippen molar-refractivity contribution in [3.05, 3.63) is 29.6 Å². The number of aryl methyl sites for hydroxylation is 1. The number of pyridine rings is 1. The number of nitrogens with two attached hydrogens (primary N) is 1. The molecule has 1 aromatic heterocycles. The molecule has 21 heavy (non-hydrogen) atoms. The summed E-state index contributed by atoms with van der Waals surface area (Å²) in [7, 11) is 1.52. The molecule has 0 saturated heterocycles. The number of ether oxygens (including phenoxy) is 1. The molecule has 0 saturated carbocycles. The zero-order valence-corrected chi connectivity index (χ0v) is 14.5. The van der Waals surface area contributed by atoms with Crippen LogP contribution >= 0.6 is 24.8 Å². The number of methoxy groups -OCH3 is 1. The van der Waals surface area contributed by atoms with Gasteiger partial charge < -0.3 is 15.8 Å². The topological polar surface area (TPSA) is 77.2 Å². The lowest BCUT2D eigenvalue weighted by Gasteiger charge is -2.24. The molecule has 2 unspecified atom stereocenters. The van der Waals surface area contributed by atoms with Crippen molar-refractivity contribution in [3.8, 4) is 0 Å². The van der Waals surface area contributed by atoms with Crippen molar-refractivity contribution in [2.24, 2.45) is 11.7 Å². The number of aromatic nitrogens is 1. The van der Waals surface area contributed by atoms with Crippen molar-refractivity contribution in [2.75, 3.05) is 13.7 Å². The van der Waals surface area contributed by atoms with Crippen LogP contribution in [0.4, 0.5) is 0 Å². The average molecular weight is 338 g/mol. The highest BCUT2D eigenvalue weighted by Crippen LogP contribution is 2.22. The summed E-state index contributed by atoms with van der Waals surface area (Å²) in [5.41, 5.74) is 7.68. The Morgan fingerprint density at radius 3 is 2.52 bits per heavy atom. The van der Waals surface area contributed by atoms with Crippen molar-refractivity contribution in [3.63, 3.8) is 0 Å². The highest BCUT2D eigenvalue weighted by atomic mass is 35.5. The van der Waals surface area contributed by atoms with Crippen LogP contribution in [0, 0.1) is 12.8 Å². The van der Waals surface area contributed by atoms with Crippen molar-refractivity contribution in [1.29, 1.82) is 0 Å². The van der Waals surface area contributed by atoms with E-state index in [-0.39, 0.29) is 49.3 Å². The van der Waals surface area contributed by atoms with E-state index in [4.69, 9.17) is 10.5 Å². The molecular formula is C14H25Cl2N3O2. The van der Waals surface area contributed by atoms with Gasteiger partial charge in [-0.05, 0) is 24.5 Å². The molecule has 0 aromatic carbocycles. The molecule has 0 bridgehead atoms. The van der Waals surface area contributed by atoms with Gasteiger partial charge in [-0.25, -0.2) is 0 Å². The van der Waals surface area contributed by atoms with Crippen LogP contribution in [0.25, 0.3) is 0 Å². The maximum absolute atomic E-state index is 12.0.